The number of aryl methyl sites for hydroxylation is 1. The molecule has 0 spiro atoms. The lowest BCUT2D eigenvalue weighted by atomic mass is 10.2. The quantitative estimate of drug-likeness (QED) is 0.729. The Morgan fingerprint density at radius 1 is 1.14 bits per heavy atom. The smallest absolute Gasteiger partial charge is 0.264 e. The average Bonchev–Trinajstić information content (AvgIpc) is 2.73. The van der Waals surface area contributed by atoms with Crippen LogP contribution in [0.4, 0.5) is 11.4 Å². The minimum atomic E-state index is -0.305. The fraction of sp³-hybridized carbons (Fsp3) is 0.333. The zero-order valence-electron chi connectivity index (χ0n) is 15.9. The molecule has 1 aliphatic heterocycles. The van der Waals surface area contributed by atoms with Crippen LogP contribution < -0.4 is 20.3 Å². The third kappa shape index (κ3) is 5.68. The maximum absolute atomic E-state index is 12.1. The summed E-state index contributed by atoms with van der Waals surface area (Å²) >= 11 is 5.30. The molecule has 6 nitrogen and oxygen atoms in total. The van der Waals surface area contributed by atoms with E-state index in [0.29, 0.717) is 19.0 Å². The molecular formula is C21H25N3O3S. The third-order valence-electron chi connectivity index (χ3n) is 4.46. The number of benzene rings is 2. The number of nitrogens with zero attached hydrogens (tertiary/aromatic N) is 1. The van der Waals surface area contributed by atoms with Gasteiger partial charge in [0.2, 0.25) is 0 Å². The van der Waals surface area contributed by atoms with Gasteiger partial charge >= 0.3 is 0 Å². The molecule has 3 rings (SSSR count). The van der Waals surface area contributed by atoms with Gasteiger partial charge in [-0.1, -0.05) is 31.2 Å². The van der Waals surface area contributed by atoms with Crippen LogP contribution in [-0.2, 0) is 16.0 Å². The summed E-state index contributed by atoms with van der Waals surface area (Å²) in [4.78, 5) is 14.4. The Morgan fingerprint density at radius 2 is 1.86 bits per heavy atom. The number of para-hydroxylation sites is 2. The topological polar surface area (TPSA) is 62.8 Å². The molecule has 1 heterocycles. The molecule has 1 aliphatic rings. The lowest BCUT2D eigenvalue weighted by Crippen LogP contribution is -2.39. The molecular weight excluding hydrogens is 374 g/mol. The van der Waals surface area contributed by atoms with Gasteiger partial charge in [0, 0.05) is 13.1 Å². The molecule has 2 aromatic carbocycles. The van der Waals surface area contributed by atoms with E-state index in [2.05, 4.69) is 22.5 Å². The SMILES string of the molecule is CCc1ccc(OCC(=O)NC(=S)Nc2ccccc2N2CCOCC2)cc1. The summed E-state index contributed by atoms with van der Waals surface area (Å²) in [6, 6.07) is 15.6. The first-order chi connectivity index (χ1) is 13.7. The van der Waals surface area contributed by atoms with E-state index in [1.807, 2.05) is 48.5 Å². The van der Waals surface area contributed by atoms with Crippen molar-refractivity contribution in [2.45, 2.75) is 13.3 Å². The second-order valence-corrected chi connectivity index (χ2v) is 6.81. The van der Waals surface area contributed by atoms with E-state index < -0.39 is 0 Å². The predicted octanol–water partition coefficient (Wildman–Crippen LogP) is 2.98. The van der Waals surface area contributed by atoms with Crippen LogP contribution in [0.5, 0.6) is 5.75 Å². The van der Waals surface area contributed by atoms with Crippen LogP contribution >= 0.6 is 12.2 Å². The van der Waals surface area contributed by atoms with Crippen molar-refractivity contribution in [3.05, 3.63) is 54.1 Å². The Balaban J connectivity index is 1.51. The summed E-state index contributed by atoms with van der Waals surface area (Å²) in [6.45, 7) is 5.04. The normalized spacial score (nSPS) is 13.7. The van der Waals surface area contributed by atoms with E-state index in [9.17, 15) is 4.79 Å². The van der Waals surface area contributed by atoms with Crippen LogP contribution in [0.1, 0.15) is 12.5 Å². The number of morpholine rings is 1. The highest BCUT2D eigenvalue weighted by Crippen LogP contribution is 2.26. The molecule has 7 heteroatoms. The highest BCUT2D eigenvalue weighted by molar-refractivity contribution is 7.80. The Morgan fingerprint density at radius 3 is 2.57 bits per heavy atom. The Bertz CT molecular complexity index is 805. The average molecular weight is 400 g/mol. The van der Waals surface area contributed by atoms with Gasteiger partial charge in [0.25, 0.3) is 5.91 Å². The summed E-state index contributed by atoms with van der Waals surface area (Å²) < 4.78 is 10.9. The van der Waals surface area contributed by atoms with Gasteiger partial charge in [-0.3, -0.25) is 10.1 Å². The first-order valence-electron chi connectivity index (χ1n) is 9.40. The number of carbonyl (C=O) groups excluding carboxylic acids is 1. The molecule has 1 fully saturated rings. The van der Waals surface area contributed by atoms with Gasteiger partial charge < -0.3 is 19.7 Å². The molecule has 0 unspecified atom stereocenters. The standard InChI is InChI=1S/C21H25N3O3S/c1-2-16-7-9-17(10-8-16)27-15-20(25)23-21(28)22-18-5-3-4-6-19(18)24-11-13-26-14-12-24/h3-10H,2,11-15H2,1H3,(H2,22,23,25,28). The van der Waals surface area contributed by atoms with Crippen LogP contribution in [-0.4, -0.2) is 43.9 Å². The van der Waals surface area contributed by atoms with Gasteiger partial charge in [-0.05, 0) is 48.5 Å². The zero-order chi connectivity index (χ0) is 19.8. The van der Waals surface area contributed by atoms with Gasteiger partial charge in [0.15, 0.2) is 11.7 Å². The second-order valence-electron chi connectivity index (χ2n) is 6.41. The highest BCUT2D eigenvalue weighted by Gasteiger charge is 2.15. The predicted molar refractivity (Wildman–Crippen MR) is 115 cm³/mol. The van der Waals surface area contributed by atoms with Crippen LogP contribution in [0.15, 0.2) is 48.5 Å². The minimum absolute atomic E-state index is 0.0988. The summed E-state index contributed by atoms with van der Waals surface area (Å²) in [7, 11) is 0. The van der Waals surface area contributed by atoms with E-state index in [1.165, 1.54) is 5.56 Å². The van der Waals surface area contributed by atoms with Gasteiger partial charge in [-0.2, -0.15) is 0 Å². The van der Waals surface area contributed by atoms with E-state index in [4.69, 9.17) is 21.7 Å². The van der Waals surface area contributed by atoms with Crippen LogP contribution in [0, 0.1) is 0 Å². The molecule has 28 heavy (non-hydrogen) atoms. The molecule has 2 aromatic rings. The molecule has 0 atom stereocenters. The molecule has 0 radical (unpaired) electrons. The van der Waals surface area contributed by atoms with E-state index >= 15 is 0 Å². The van der Waals surface area contributed by atoms with E-state index in [0.717, 1.165) is 30.9 Å². The van der Waals surface area contributed by atoms with Gasteiger partial charge in [0.05, 0.1) is 24.6 Å². The largest absolute Gasteiger partial charge is 0.484 e. The molecule has 1 amide bonds. The van der Waals surface area contributed by atoms with Crippen LogP contribution in [0.2, 0.25) is 0 Å². The minimum Gasteiger partial charge on any atom is -0.484 e. The molecule has 0 saturated carbocycles. The van der Waals surface area contributed by atoms with E-state index in [-0.39, 0.29) is 17.6 Å². The monoisotopic (exact) mass is 399 g/mol. The molecule has 0 aromatic heterocycles. The number of hydrogen-bond acceptors (Lipinski definition) is 5. The highest BCUT2D eigenvalue weighted by atomic mass is 32.1. The Labute approximate surface area is 170 Å². The van der Waals surface area contributed by atoms with Crippen molar-refractivity contribution >= 4 is 34.6 Å². The number of nitrogens with one attached hydrogen (secondary N) is 2. The summed E-state index contributed by atoms with van der Waals surface area (Å²) in [5.41, 5.74) is 3.11. The van der Waals surface area contributed by atoms with Crippen molar-refractivity contribution < 1.29 is 14.3 Å². The summed E-state index contributed by atoms with van der Waals surface area (Å²) in [5.74, 6) is 0.352. The molecule has 148 valence electrons. The number of hydrogen-bond donors (Lipinski definition) is 2. The maximum atomic E-state index is 12.1. The number of thiocarbonyl (C=S) groups is 1. The number of anilines is 2. The third-order valence-corrected chi connectivity index (χ3v) is 4.66. The first kappa shape index (κ1) is 20.1. The first-order valence-corrected chi connectivity index (χ1v) is 9.81. The van der Waals surface area contributed by atoms with Gasteiger partial charge in [0.1, 0.15) is 5.75 Å². The Kier molecular flexibility index (Phi) is 7.22. The molecule has 1 saturated heterocycles. The number of rotatable bonds is 6. The fourth-order valence-corrected chi connectivity index (χ4v) is 3.17. The number of carbonyl (C=O) groups is 1. The summed E-state index contributed by atoms with van der Waals surface area (Å²) in [6.07, 6.45) is 0.965. The number of amides is 1. The second kappa shape index (κ2) is 10.1. The van der Waals surface area contributed by atoms with Crippen LogP contribution in [0.25, 0.3) is 0 Å². The number of ether oxygens (including phenoxy) is 2. The molecule has 2 N–H and O–H groups in total. The van der Waals surface area contributed by atoms with Crippen LogP contribution in [0.3, 0.4) is 0 Å². The molecule has 0 bridgehead atoms. The summed E-state index contributed by atoms with van der Waals surface area (Å²) in [5, 5.41) is 6.02. The van der Waals surface area contributed by atoms with Crippen molar-refractivity contribution in [1.29, 1.82) is 0 Å². The van der Waals surface area contributed by atoms with Crippen molar-refractivity contribution in [1.82, 2.24) is 5.32 Å². The van der Waals surface area contributed by atoms with Gasteiger partial charge in [-0.15, -0.1) is 0 Å². The zero-order valence-corrected chi connectivity index (χ0v) is 16.8. The van der Waals surface area contributed by atoms with Crippen molar-refractivity contribution in [2.24, 2.45) is 0 Å². The molecule has 0 aliphatic carbocycles. The Hall–Kier alpha value is -2.64. The maximum Gasteiger partial charge on any atom is 0.264 e. The fourth-order valence-electron chi connectivity index (χ4n) is 2.95. The van der Waals surface area contributed by atoms with Crippen molar-refractivity contribution in [2.75, 3.05) is 43.1 Å². The lowest BCUT2D eigenvalue weighted by molar-refractivity contribution is -0.121. The van der Waals surface area contributed by atoms with Crippen molar-refractivity contribution in [3.63, 3.8) is 0 Å². The lowest BCUT2D eigenvalue weighted by Gasteiger charge is -2.30. The van der Waals surface area contributed by atoms with Gasteiger partial charge in [-0.25, -0.2) is 0 Å². The van der Waals surface area contributed by atoms with Crippen molar-refractivity contribution in [3.8, 4) is 5.75 Å². The van der Waals surface area contributed by atoms with E-state index in [1.54, 1.807) is 0 Å².